The molecule has 16 heavy (non-hydrogen) atoms. The summed E-state index contributed by atoms with van der Waals surface area (Å²) in [5.41, 5.74) is 2.90. The Morgan fingerprint density at radius 2 is 1.88 bits per heavy atom. The fraction of sp³-hybridized carbons (Fsp3) is 0.0714. The average Bonchev–Trinajstić information content (AvgIpc) is 2.32. The molecule has 0 fully saturated rings. The van der Waals surface area contributed by atoms with E-state index < -0.39 is 0 Å². The number of benzene rings is 2. The van der Waals surface area contributed by atoms with Gasteiger partial charge in [0, 0.05) is 5.56 Å². The minimum atomic E-state index is -0.229. The summed E-state index contributed by atoms with van der Waals surface area (Å²) in [5, 5.41) is 0. The lowest BCUT2D eigenvalue weighted by Crippen LogP contribution is -1.89. The minimum Gasteiger partial charge on any atom is -0.298 e. The molecule has 0 saturated carbocycles. The molecule has 2 heteroatoms. The van der Waals surface area contributed by atoms with E-state index in [1.165, 1.54) is 6.07 Å². The molecular weight excluding hydrogens is 203 g/mol. The molecule has 2 aromatic carbocycles. The van der Waals surface area contributed by atoms with Crippen LogP contribution in [0.2, 0.25) is 0 Å². The maximum absolute atomic E-state index is 13.1. The highest BCUT2D eigenvalue weighted by Crippen LogP contribution is 2.24. The molecular formula is C14H11FO. The topological polar surface area (TPSA) is 17.1 Å². The monoisotopic (exact) mass is 214 g/mol. The standard InChI is InChI=1S/C14H11FO/c1-10-8-11(6-7-14(10)15)13-5-3-2-4-12(13)9-16/h2-9H,1H3. The van der Waals surface area contributed by atoms with E-state index in [2.05, 4.69) is 0 Å². The van der Waals surface area contributed by atoms with Gasteiger partial charge in [-0.2, -0.15) is 0 Å². The van der Waals surface area contributed by atoms with Crippen molar-refractivity contribution < 1.29 is 9.18 Å². The molecule has 80 valence electrons. The second kappa shape index (κ2) is 4.27. The Morgan fingerprint density at radius 1 is 1.12 bits per heavy atom. The summed E-state index contributed by atoms with van der Waals surface area (Å²) >= 11 is 0. The first-order chi connectivity index (χ1) is 7.72. The Bertz CT molecular complexity index is 532. The third-order valence-corrected chi connectivity index (χ3v) is 2.56. The van der Waals surface area contributed by atoms with Gasteiger partial charge in [-0.15, -0.1) is 0 Å². The predicted molar refractivity (Wildman–Crippen MR) is 62.0 cm³/mol. The number of carbonyl (C=O) groups excluding carboxylic acids is 1. The molecule has 0 spiro atoms. The zero-order valence-corrected chi connectivity index (χ0v) is 8.91. The Morgan fingerprint density at radius 3 is 2.56 bits per heavy atom. The predicted octanol–water partition coefficient (Wildman–Crippen LogP) is 3.61. The van der Waals surface area contributed by atoms with Gasteiger partial charge in [0.1, 0.15) is 5.82 Å². The van der Waals surface area contributed by atoms with E-state index in [1.807, 2.05) is 18.2 Å². The molecule has 0 unspecified atom stereocenters. The first kappa shape index (κ1) is 10.6. The van der Waals surface area contributed by atoms with Crippen LogP contribution in [0, 0.1) is 12.7 Å². The number of hydrogen-bond acceptors (Lipinski definition) is 1. The summed E-state index contributed by atoms with van der Waals surface area (Å²) in [6, 6.07) is 12.1. The van der Waals surface area contributed by atoms with Crippen molar-refractivity contribution in [3.63, 3.8) is 0 Å². The third-order valence-electron chi connectivity index (χ3n) is 2.56. The summed E-state index contributed by atoms with van der Waals surface area (Å²) in [5.74, 6) is -0.229. The van der Waals surface area contributed by atoms with Gasteiger partial charge < -0.3 is 0 Å². The molecule has 2 rings (SSSR count). The molecule has 0 amide bonds. The van der Waals surface area contributed by atoms with E-state index in [4.69, 9.17) is 0 Å². The summed E-state index contributed by atoms with van der Waals surface area (Å²) in [7, 11) is 0. The van der Waals surface area contributed by atoms with Crippen LogP contribution in [0.3, 0.4) is 0 Å². The van der Waals surface area contributed by atoms with Gasteiger partial charge in [0.2, 0.25) is 0 Å². The average molecular weight is 214 g/mol. The van der Waals surface area contributed by atoms with E-state index in [1.54, 1.807) is 25.1 Å². The van der Waals surface area contributed by atoms with Gasteiger partial charge in [-0.3, -0.25) is 4.79 Å². The van der Waals surface area contributed by atoms with Crippen LogP contribution in [-0.2, 0) is 0 Å². The molecule has 0 radical (unpaired) electrons. The number of carbonyl (C=O) groups is 1. The van der Waals surface area contributed by atoms with Crippen molar-refractivity contribution in [2.45, 2.75) is 6.92 Å². The zero-order chi connectivity index (χ0) is 11.5. The van der Waals surface area contributed by atoms with Crippen molar-refractivity contribution in [2.24, 2.45) is 0 Å². The van der Waals surface area contributed by atoms with Crippen LogP contribution in [0.25, 0.3) is 11.1 Å². The molecule has 0 N–H and O–H groups in total. The Balaban J connectivity index is 2.58. The van der Waals surface area contributed by atoms with Crippen molar-refractivity contribution in [3.05, 3.63) is 59.4 Å². The van der Waals surface area contributed by atoms with Crippen LogP contribution in [0.1, 0.15) is 15.9 Å². The van der Waals surface area contributed by atoms with Crippen LogP contribution < -0.4 is 0 Å². The number of halogens is 1. The summed E-state index contributed by atoms with van der Waals surface area (Å²) in [6.45, 7) is 1.71. The summed E-state index contributed by atoms with van der Waals surface area (Å²) < 4.78 is 13.1. The van der Waals surface area contributed by atoms with Crippen LogP contribution in [0.5, 0.6) is 0 Å². The first-order valence-electron chi connectivity index (χ1n) is 5.03. The van der Waals surface area contributed by atoms with Crippen molar-refractivity contribution in [1.29, 1.82) is 0 Å². The van der Waals surface area contributed by atoms with Gasteiger partial charge in [0.25, 0.3) is 0 Å². The Kier molecular flexibility index (Phi) is 2.82. The van der Waals surface area contributed by atoms with Crippen molar-refractivity contribution in [3.8, 4) is 11.1 Å². The van der Waals surface area contributed by atoms with Gasteiger partial charge in [0.05, 0.1) is 0 Å². The number of hydrogen-bond donors (Lipinski definition) is 0. The Hall–Kier alpha value is -1.96. The van der Waals surface area contributed by atoms with Crippen molar-refractivity contribution in [1.82, 2.24) is 0 Å². The van der Waals surface area contributed by atoms with E-state index in [0.717, 1.165) is 17.4 Å². The molecule has 0 heterocycles. The zero-order valence-electron chi connectivity index (χ0n) is 8.91. The molecule has 1 nitrogen and oxygen atoms in total. The molecule has 2 aromatic rings. The fourth-order valence-electron chi connectivity index (χ4n) is 1.67. The van der Waals surface area contributed by atoms with Crippen LogP contribution in [0.15, 0.2) is 42.5 Å². The Labute approximate surface area is 93.5 Å². The third kappa shape index (κ3) is 1.87. The quantitative estimate of drug-likeness (QED) is 0.698. The van der Waals surface area contributed by atoms with E-state index in [9.17, 15) is 9.18 Å². The number of aldehydes is 1. The summed E-state index contributed by atoms with van der Waals surface area (Å²) in [6.07, 6.45) is 0.814. The smallest absolute Gasteiger partial charge is 0.150 e. The van der Waals surface area contributed by atoms with Gasteiger partial charge in [-0.25, -0.2) is 4.39 Å². The van der Waals surface area contributed by atoms with Gasteiger partial charge >= 0.3 is 0 Å². The number of aryl methyl sites for hydroxylation is 1. The van der Waals surface area contributed by atoms with Gasteiger partial charge in [-0.1, -0.05) is 30.3 Å². The minimum absolute atomic E-state index is 0.229. The molecule has 0 bridgehead atoms. The normalized spacial score (nSPS) is 10.1. The highest BCUT2D eigenvalue weighted by molar-refractivity contribution is 5.87. The highest BCUT2D eigenvalue weighted by Gasteiger charge is 2.05. The molecule has 0 aliphatic heterocycles. The van der Waals surface area contributed by atoms with Gasteiger partial charge in [0.15, 0.2) is 6.29 Å². The second-order valence-corrected chi connectivity index (χ2v) is 3.67. The van der Waals surface area contributed by atoms with E-state index in [0.29, 0.717) is 11.1 Å². The lowest BCUT2D eigenvalue weighted by atomic mass is 9.99. The second-order valence-electron chi connectivity index (χ2n) is 3.67. The summed E-state index contributed by atoms with van der Waals surface area (Å²) in [4.78, 5) is 10.9. The molecule has 0 atom stereocenters. The first-order valence-corrected chi connectivity index (χ1v) is 5.03. The molecule has 0 aliphatic rings. The fourth-order valence-corrected chi connectivity index (χ4v) is 1.67. The lowest BCUT2D eigenvalue weighted by Gasteiger charge is -2.06. The number of rotatable bonds is 2. The maximum Gasteiger partial charge on any atom is 0.150 e. The van der Waals surface area contributed by atoms with Crippen LogP contribution in [-0.4, -0.2) is 6.29 Å². The van der Waals surface area contributed by atoms with Gasteiger partial charge in [-0.05, 0) is 35.7 Å². The maximum atomic E-state index is 13.1. The molecule has 0 aromatic heterocycles. The van der Waals surface area contributed by atoms with Crippen LogP contribution >= 0.6 is 0 Å². The lowest BCUT2D eigenvalue weighted by molar-refractivity contribution is 0.112. The molecule has 0 aliphatic carbocycles. The molecule has 0 saturated heterocycles. The van der Waals surface area contributed by atoms with Crippen LogP contribution in [0.4, 0.5) is 4.39 Å². The largest absolute Gasteiger partial charge is 0.298 e. The highest BCUT2D eigenvalue weighted by atomic mass is 19.1. The van der Waals surface area contributed by atoms with E-state index in [-0.39, 0.29) is 5.82 Å². The van der Waals surface area contributed by atoms with Crippen molar-refractivity contribution in [2.75, 3.05) is 0 Å². The SMILES string of the molecule is Cc1cc(-c2ccccc2C=O)ccc1F. The van der Waals surface area contributed by atoms with Crippen molar-refractivity contribution >= 4 is 6.29 Å². The van der Waals surface area contributed by atoms with E-state index >= 15 is 0 Å².